The van der Waals surface area contributed by atoms with Crippen LogP contribution in [0.2, 0.25) is 0 Å². The predicted molar refractivity (Wildman–Crippen MR) is 123 cm³/mol. The molecule has 0 aromatic heterocycles. The average Bonchev–Trinajstić information content (AvgIpc) is 3.12. The zero-order valence-electron chi connectivity index (χ0n) is 15.7. The molecular formula is C24H19NO2S2. The van der Waals surface area contributed by atoms with Crippen LogP contribution in [-0.2, 0) is 17.2 Å². The molecular weight excluding hydrogens is 398 g/mol. The van der Waals surface area contributed by atoms with E-state index in [1.165, 1.54) is 17.3 Å². The Hall–Kier alpha value is -2.76. The minimum atomic E-state index is -0.0174. The summed E-state index contributed by atoms with van der Waals surface area (Å²) in [4.78, 5) is 16.8. The summed E-state index contributed by atoms with van der Waals surface area (Å²) in [6.07, 6.45) is 1.82. The van der Waals surface area contributed by atoms with Gasteiger partial charge in [-0.2, -0.15) is 0 Å². The Morgan fingerprint density at radius 2 is 1.62 bits per heavy atom. The molecule has 0 unspecified atom stereocenters. The number of carbonyl (C=O) groups is 1. The maximum Gasteiger partial charge on any atom is 0.244 e. The number of ether oxygens (including phenoxy) is 1. The van der Waals surface area contributed by atoms with Crippen molar-refractivity contribution in [3.63, 3.8) is 0 Å². The Bertz CT molecular complexity index is 1050. The Morgan fingerprint density at radius 3 is 2.38 bits per heavy atom. The first-order valence-corrected chi connectivity index (χ1v) is 11.0. The first-order chi connectivity index (χ1) is 14.3. The monoisotopic (exact) mass is 417 g/mol. The standard InChI is InChI=1S/C24H19NO2S2/c26-23-22(25-24(29-23)28-17-19-10-5-2-6-11-19)15-20-12-7-13-21(14-20)27-16-18-8-3-1-4-9-18/h1-15H,16-17H2. The van der Waals surface area contributed by atoms with Crippen LogP contribution in [0.5, 0.6) is 5.75 Å². The molecule has 3 aromatic rings. The van der Waals surface area contributed by atoms with Crippen molar-refractivity contribution in [1.82, 2.24) is 0 Å². The van der Waals surface area contributed by atoms with E-state index >= 15 is 0 Å². The van der Waals surface area contributed by atoms with Crippen molar-refractivity contribution in [1.29, 1.82) is 0 Å². The van der Waals surface area contributed by atoms with Gasteiger partial charge in [0, 0.05) is 5.75 Å². The van der Waals surface area contributed by atoms with Crippen molar-refractivity contribution in [2.75, 3.05) is 0 Å². The zero-order chi connectivity index (χ0) is 19.9. The van der Waals surface area contributed by atoms with Gasteiger partial charge in [-0.05, 0) is 46.7 Å². The van der Waals surface area contributed by atoms with Crippen molar-refractivity contribution in [3.05, 3.63) is 107 Å². The van der Waals surface area contributed by atoms with Crippen LogP contribution in [0.4, 0.5) is 0 Å². The molecule has 1 aliphatic rings. The van der Waals surface area contributed by atoms with Crippen molar-refractivity contribution in [3.8, 4) is 5.75 Å². The fourth-order valence-corrected chi connectivity index (χ4v) is 4.56. The van der Waals surface area contributed by atoms with Gasteiger partial charge in [-0.25, -0.2) is 4.99 Å². The molecule has 0 bridgehead atoms. The Balaban J connectivity index is 1.41. The van der Waals surface area contributed by atoms with Crippen LogP contribution in [0, 0.1) is 0 Å². The van der Waals surface area contributed by atoms with E-state index < -0.39 is 0 Å². The van der Waals surface area contributed by atoms with E-state index in [-0.39, 0.29) is 5.12 Å². The summed E-state index contributed by atoms with van der Waals surface area (Å²) in [6.45, 7) is 0.508. The second-order valence-electron chi connectivity index (χ2n) is 6.42. The van der Waals surface area contributed by atoms with Gasteiger partial charge in [0.1, 0.15) is 22.4 Å². The highest BCUT2D eigenvalue weighted by Crippen LogP contribution is 2.32. The molecule has 0 fully saturated rings. The van der Waals surface area contributed by atoms with E-state index in [9.17, 15) is 4.79 Å². The Morgan fingerprint density at radius 1 is 0.897 bits per heavy atom. The molecule has 3 aromatic carbocycles. The largest absolute Gasteiger partial charge is 0.489 e. The summed E-state index contributed by atoms with van der Waals surface area (Å²) in [6, 6.07) is 27.9. The van der Waals surface area contributed by atoms with Gasteiger partial charge in [-0.3, -0.25) is 4.79 Å². The third-order valence-electron chi connectivity index (χ3n) is 4.22. The molecule has 29 heavy (non-hydrogen) atoms. The van der Waals surface area contributed by atoms with Gasteiger partial charge in [0.15, 0.2) is 0 Å². The van der Waals surface area contributed by atoms with Gasteiger partial charge in [-0.15, -0.1) is 0 Å². The first kappa shape index (κ1) is 19.6. The number of benzene rings is 3. The van der Waals surface area contributed by atoms with E-state index in [1.807, 2.05) is 78.9 Å². The number of rotatable bonds is 6. The minimum Gasteiger partial charge on any atom is -0.489 e. The SMILES string of the molecule is O=C1SC(SCc2ccccc2)=NC1=Cc1cccc(OCc2ccccc2)c1. The number of hydrogen-bond donors (Lipinski definition) is 0. The molecule has 0 radical (unpaired) electrons. The molecule has 0 atom stereocenters. The second kappa shape index (κ2) is 9.63. The van der Waals surface area contributed by atoms with E-state index in [4.69, 9.17) is 4.74 Å². The first-order valence-electron chi connectivity index (χ1n) is 9.22. The normalized spacial score (nSPS) is 14.8. The maximum absolute atomic E-state index is 12.3. The summed E-state index contributed by atoms with van der Waals surface area (Å²) < 4.78 is 6.67. The van der Waals surface area contributed by atoms with Crippen LogP contribution < -0.4 is 4.74 Å². The molecule has 1 heterocycles. The number of thioether (sulfide) groups is 2. The van der Waals surface area contributed by atoms with Crippen molar-refractivity contribution in [2.45, 2.75) is 12.4 Å². The zero-order valence-corrected chi connectivity index (χ0v) is 17.3. The minimum absolute atomic E-state index is 0.0174. The van der Waals surface area contributed by atoms with Crippen molar-refractivity contribution >= 4 is 39.1 Å². The van der Waals surface area contributed by atoms with Gasteiger partial charge in [0.05, 0.1) is 0 Å². The van der Waals surface area contributed by atoms with Crippen molar-refractivity contribution < 1.29 is 9.53 Å². The van der Waals surface area contributed by atoms with Crippen LogP contribution in [0.1, 0.15) is 16.7 Å². The molecule has 144 valence electrons. The lowest BCUT2D eigenvalue weighted by atomic mass is 10.2. The highest BCUT2D eigenvalue weighted by atomic mass is 32.2. The smallest absolute Gasteiger partial charge is 0.244 e. The lowest BCUT2D eigenvalue weighted by molar-refractivity contribution is -0.107. The molecule has 4 rings (SSSR count). The number of hydrogen-bond acceptors (Lipinski definition) is 5. The highest BCUT2D eigenvalue weighted by molar-refractivity contribution is 8.45. The Kier molecular flexibility index (Phi) is 6.49. The molecule has 3 nitrogen and oxygen atoms in total. The van der Waals surface area contributed by atoms with E-state index in [0.717, 1.165) is 27.0 Å². The second-order valence-corrected chi connectivity index (χ2v) is 8.60. The van der Waals surface area contributed by atoms with Crippen LogP contribution in [0.15, 0.2) is 95.6 Å². The fourth-order valence-electron chi connectivity index (χ4n) is 2.76. The van der Waals surface area contributed by atoms with Crippen LogP contribution in [-0.4, -0.2) is 9.49 Å². The molecule has 0 N–H and O–H groups in total. The maximum atomic E-state index is 12.3. The van der Waals surface area contributed by atoms with E-state index in [0.29, 0.717) is 12.3 Å². The van der Waals surface area contributed by atoms with E-state index in [1.54, 1.807) is 11.8 Å². The molecule has 0 spiro atoms. The van der Waals surface area contributed by atoms with Gasteiger partial charge >= 0.3 is 0 Å². The third kappa shape index (κ3) is 5.62. The summed E-state index contributed by atoms with van der Waals surface area (Å²) >= 11 is 2.79. The summed E-state index contributed by atoms with van der Waals surface area (Å²) in [5, 5.41) is -0.0174. The number of nitrogens with zero attached hydrogens (tertiary/aromatic N) is 1. The van der Waals surface area contributed by atoms with E-state index in [2.05, 4.69) is 17.1 Å². The fraction of sp³-hybridized carbons (Fsp3) is 0.0833. The lowest BCUT2D eigenvalue weighted by Crippen LogP contribution is -1.95. The molecule has 1 aliphatic heterocycles. The lowest BCUT2D eigenvalue weighted by Gasteiger charge is -2.07. The molecule has 0 amide bonds. The van der Waals surface area contributed by atoms with Crippen molar-refractivity contribution in [2.24, 2.45) is 4.99 Å². The summed E-state index contributed by atoms with van der Waals surface area (Å²) in [7, 11) is 0. The van der Waals surface area contributed by atoms with Gasteiger partial charge in [0.25, 0.3) is 0 Å². The quantitative estimate of drug-likeness (QED) is 0.450. The Labute approximate surface area is 178 Å². The van der Waals surface area contributed by atoms with Crippen LogP contribution in [0.25, 0.3) is 6.08 Å². The number of carbonyl (C=O) groups excluding carboxylic acids is 1. The van der Waals surface area contributed by atoms with Gasteiger partial charge in [-0.1, -0.05) is 84.6 Å². The van der Waals surface area contributed by atoms with Gasteiger partial charge < -0.3 is 4.74 Å². The molecule has 0 saturated carbocycles. The highest BCUT2D eigenvalue weighted by Gasteiger charge is 2.22. The molecule has 5 heteroatoms. The van der Waals surface area contributed by atoms with Crippen LogP contribution >= 0.6 is 23.5 Å². The average molecular weight is 418 g/mol. The number of aliphatic imine (C=N–C) groups is 1. The topological polar surface area (TPSA) is 38.7 Å². The van der Waals surface area contributed by atoms with Gasteiger partial charge in [0.2, 0.25) is 5.12 Å². The molecule has 0 saturated heterocycles. The third-order valence-corrected chi connectivity index (χ3v) is 6.30. The van der Waals surface area contributed by atoms with Crippen LogP contribution in [0.3, 0.4) is 0 Å². The molecule has 0 aliphatic carbocycles. The summed E-state index contributed by atoms with van der Waals surface area (Å²) in [5.41, 5.74) is 3.71. The predicted octanol–water partition coefficient (Wildman–Crippen LogP) is 6.17. The summed E-state index contributed by atoms with van der Waals surface area (Å²) in [5.74, 6) is 1.57.